The predicted molar refractivity (Wildman–Crippen MR) is 82.5 cm³/mol. The number of benzene rings is 1. The van der Waals surface area contributed by atoms with Gasteiger partial charge >= 0.3 is 0 Å². The predicted octanol–water partition coefficient (Wildman–Crippen LogP) is 2.21. The molecule has 1 aliphatic carbocycles. The zero-order valence-electron chi connectivity index (χ0n) is 13.1. The average Bonchev–Trinajstić information content (AvgIpc) is 2.42. The molecule has 0 heterocycles. The van der Waals surface area contributed by atoms with Gasteiger partial charge in [-0.3, -0.25) is 4.79 Å². The molecule has 1 aromatic rings. The van der Waals surface area contributed by atoms with E-state index >= 15 is 0 Å². The van der Waals surface area contributed by atoms with E-state index in [2.05, 4.69) is 19.2 Å². The van der Waals surface area contributed by atoms with Crippen LogP contribution in [-0.4, -0.2) is 31.8 Å². The minimum atomic E-state index is -0.129. The van der Waals surface area contributed by atoms with E-state index in [1.807, 2.05) is 6.92 Å². The van der Waals surface area contributed by atoms with Crippen molar-refractivity contribution < 1.29 is 14.3 Å². The van der Waals surface area contributed by atoms with Crippen molar-refractivity contribution in [2.24, 2.45) is 5.41 Å². The summed E-state index contributed by atoms with van der Waals surface area (Å²) >= 11 is 0. The van der Waals surface area contributed by atoms with Gasteiger partial charge in [-0.05, 0) is 25.5 Å². The summed E-state index contributed by atoms with van der Waals surface area (Å²) in [5.74, 6) is 0.487. The summed E-state index contributed by atoms with van der Waals surface area (Å²) in [6.45, 7) is 6.63. The van der Waals surface area contributed by atoms with Gasteiger partial charge in [-0.2, -0.15) is 0 Å². The molecule has 3 N–H and O–H groups in total. The number of ether oxygens (including phenoxy) is 2. The molecule has 2 rings (SSSR count). The molecular formula is C16H24N2O3. The molecule has 116 valence electrons. The zero-order valence-corrected chi connectivity index (χ0v) is 13.1. The summed E-state index contributed by atoms with van der Waals surface area (Å²) < 4.78 is 10.8. The molecule has 5 nitrogen and oxygen atoms in total. The number of carbonyl (C=O) groups is 1. The molecule has 0 bridgehead atoms. The van der Waals surface area contributed by atoms with Crippen LogP contribution in [0, 0.1) is 5.41 Å². The second-order valence-corrected chi connectivity index (χ2v) is 6.03. The molecule has 1 aromatic carbocycles. The lowest BCUT2D eigenvalue weighted by Gasteiger charge is -2.51. The van der Waals surface area contributed by atoms with Crippen molar-refractivity contribution in [3.05, 3.63) is 23.8 Å². The number of nitrogen functional groups attached to an aromatic ring is 1. The molecule has 1 amide bonds. The SMILES string of the molecule is CCOc1cc(N)cc(C(=O)NC2CC(OC)C2(C)C)c1. The van der Waals surface area contributed by atoms with E-state index in [0.717, 1.165) is 6.42 Å². The Morgan fingerprint density at radius 3 is 2.71 bits per heavy atom. The van der Waals surface area contributed by atoms with Crippen LogP contribution < -0.4 is 15.8 Å². The first kappa shape index (κ1) is 15.6. The number of anilines is 1. The van der Waals surface area contributed by atoms with Gasteiger partial charge in [0, 0.05) is 35.9 Å². The van der Waals surface area contributed by atoms with Gasteiger partial charge in [0.05, 0.1) is 12.7 Å². The quantitative estimate of drug-likeness (QED) is 0.816. The molecule has 0 saturated heterocycles. The third-order valence-corrected chi connectivity index (χ3v) is 4.27. The Bertz CT molecular complexity index is 528. The minimum Gasteiger partial charge on any atom is -0.494 e. The Balaban J connectivity index is 2.08. The number of hydrogen-bond acceptors (Lipinski definition) is 4. The monoisotopic (exact) mass is 292 g/mol. The number of methoxy groups -OCH3 is 1. The van der Waals surface area contributed by atoms with E-state index < -0.39 is 0 Å². The fourth-order valence-electron chi connectivity index (χ4n) is 2.78. The maximum atomic E-state index is 12.4. The van der Waals surface area contributed by atoms with Crippen molar-refractivity contribution in [3.63, 3.8) is 0 Å². The van der Waals surface area contributed by atoms with Crippen LogP contribution in [0.3, 0.4) is 0 Å². The maximum Gasteiger partial charge on any atom is 0.251 e. The van der Waals surface area contributed by atoms with Crippen LogP contribution in [0.2, 0.25) is 0 Å². The smallest absolute Gasteiger partial charge is 0.251 e. The van der Waals surface area contributed by atoms with Gasteiger partial charge in [0.2, 0.25) is 0 Å². The number of rotatable bonds is 5. The second-order valence-electron chi connectivity index (χ2n) is 6.03. The van der Waals surface area contributed by atoms with Gasteiger partial charge < -0.3 is 20.5 Å². The van der Waals surface area contributed by atoms with Crippen LogP contribution in [0.5, 0.6) is 5.75 Å². The van der Waals surface area contributed by atoms with Crippen LogP contribution in [-0.2, 0) is 4.74 Å². The molecule has 0 aliphatic heterocycles. The molecule has 5 heteroatoms. The van der Waals surface area contributed by atoms with Crippen molar-refractivity contribution in [1.82, 2.24) is 5.32 Å². The highest BCUT2D eigenvalue weighted by Crippen LogP contribution is 2.42. The van der Waals surface area contributed by atoms with Crippen LogP contribution in [0.15, 0.2) is 18.2 Å². The Hall–Kier alpha value is -1.75. The lowest BCUT2D eigenvalue weighted by atomic mass is 9.64. The van der Waals surface area contributed by atoms with Crippen molar-refractivity contribution in [3.8, 4) is 5.75 Å². The van der Waals surface area contributed by atoms with E-state index in [-0.39, 0.29) is 23.5 Å². The van der Waals surface area contributed by atoms with Crippen LogP contribution in [0.25, 0.3) is 0 Å². The lowest BCUT2D eigenvalue weighted by Crippen LogP contribution is -2.61. The number of nitrogens with two attached hydrogens (primary N) is 1. The van der Waals surface area contributed by atoms with Gasteiger partial charge in [0.1, 0.15) is 5.75 Å². The summed E-state index contributed by atoms with van der Waals surface area (Å²) in [5.41, 5.74) is 6.80. The first-order valence-corrected chi connectivity index (χ1v) is 7.25. The van der Waals surface area contributed by atoms with Crippen LogP contribution >= 0.6 is 0 Å². The normalized spacial score (nSPS) is 23.2. The van der Waals surface area contributed by atoms with Crippen molar-refractivity contribution in [1.29, 1.82) is 0 Å². The van der Waals surface area contributed by atoms with Gasteiger partial charge in [0.25, 0.3) is 5.91 Å². The number of nitrogens with one attached hydrogen (secondary N) is 1. The van der Waals surface area contributed by atoms with E-state index in [9.17, 15) is 4.79 Å². The molecule has 0 spiro atoms. The topological polar surface area (TPSA) is 73.6 Å². The van der Waals surface area contributed by atoms with Crippen molar-refractivity contribution in [2.75, 3.05) is 19.5 Å². The van der Waals surface area contributed by atoms with E-state index in [0.29, 0.717) is 23.6 Å². The molecule has 2 atom stereocenters. The highest BCUT2D eigenvalue weighted by molar-refractivity contribution is 5.95. The highest BCUT2D eigenvalue weighted by Gasteiger charge is 2.49. The van der Waals surface area contributed by atoms with E-state index in [1.165, 1.54) is 0 Å². The second kappa shape index (κ2) is 5.93. The Kier molecular flexibility index (Phi) is 4.42. The van der Waals surface area contributed by atoms with Crippen molar-refractivity contribution >= 4 is 11.6 Å². The Morgan fingerprint density at radius 1 is 1.43 bits per heavy atom. The van der Waals surface area contributed by atoms with Crippen molar-refractivity contribution in [2.45, 2.75) is 39.3 Å². The summed E-state index contributed by atoms with van der Waals surface area (Å²) in [4.78, 5) is 12.4. The zero-order chi connectivity index (χ0) is 15.6. The number of amides is 1. The molecule has 21 heavy (non-hydrogen) atoms. The van der Waals surface area contributed by atoms with Gasteiger partial charge in [-0.1, -0.05) is 13.8 Å². The summed E-state index contributed by atoms with van der Waals surface area (Å²) in [7, 11) is 1.71. The maximum absolute atomic E-state index is 12.4. The molecular weight excluding hydrogens is 268 g/mol. The summed E-state index contributed by atoms with van der Waals surface area (Å²) in [6, 6.07) is 5.20. The van der Waals surface area contributed by atoms with Gasteiger partial charge in [0.15, 0.2) is 0 Å². The molecule has 2 unspecified atom stereocenters. The average molecular weight is 292 g/mol. The Morgan fingerprint density at radius 2 is 2.14 bits per heavy atom. The summed E-state index contributed by atoms with van der Waals surface area (Å²) in [6.07, 6.45) is 1.01. The molecule has 1 aliphatic rings. The lowest BCUT2D eigenvalue weighted by molar-refractivity contribution is -0.0942. The first-order chi connectivity index (χ1) is 9.88. The molecule has 1 saturated carbocycles. The fraction of sp³-hybridized carbons (Fsp3) is 0.562. The van der Waals surface area contributed by atoms with Gasteiger partial charge in [-0.15, -0.1) is 0 Å². The molecule has 0 aromatic heterocycles. The van der Waals surface area contributed by atoms with E-state index in [4.69, 9.17) is 15.2 Å². The standard InChI is InChI=1S/C16H24N2O3/c1-5-21-12-7-10(6-11(17)8-12)15(19)18-13-9-14(20-4)16(13,2)3/h6-8,13-14H,5,9,17H2,1-4H3,(H,18,19). The van der Waals surface area contributed by atoms with Gasteiger partial charge in [-0.25, -0.2) is 0 Å². The third-order valence-electron chi connectivity index (χ3n) is 4.27. The van der Waals surface area contributed by atoms with Crippen LogP contribution in [0.1, 0.15) is 37.6 Å². The number of carbonyl (C=O) groups excluding carboxylic acids is 1. The highest BCUT2D eigenvalue weighted by atomic mass is 16.5. The summed E-state index contributed by atoms with van der Waals surface area (Å²) in [5, 5.41) is 3.05. The minimum absolute atomic E-state index is 0.0620. The van der Waals surface area contributed by atoms with Crippen LogP contribution in [0.4, 0.5) is 5.69 Å². The molecule has 0 radical (unpaired) electrons. The molecule has 1 fully saturated rings. The third kappa shape index (κ3) is 3.13. The first-order valence-electron chi connectivity index (χ1n) is 7.25. The largest absolute Gasteiger partial charge is 0.494 e. The van der Waals surface area contributed by atoms with E-state index in [1.54, 1.807) is 25.3 Å². The fourth-order valence-corrected chi connectivity index (χ4v) is 2.78. The number of hydrogen-bond donors (Lipinski definition) is 2. The Labute approximate surface area is 125 Å².